The summed E-state index contributed by atoms with van der Waals surface area (Å²) in [5, 5.41) is 11.3. The standard InChI is InChI=1S/C22H26FN5O/c23-19-8-6-17(7-9-19)21-26-25-20-16-18(10-15-28(20)21)22(29)24-11-5-14-27-12-3-1-2-4-13-27/h6-10,15-16H,1-5,11-14H2,(H,24,29). The van der Waals surface area contributed by atoms with Crippen LogP contribution in [0.15, 0.2) is 42.6 Å². The molecule has 0 spiro atoms. The molecule has 0 bridgehead atoms. The fourth-order valence-corrected chi connectivity index (χ4v) is 3.79. The Morgan fingerprint density at radius 1 is 1.03 bits per heavy atom. The minimum Gasteiger partial charge on any atom is -0.352 e. The Hall–Kier alpha value is -2.80. The van der Waals surface area contributed by atoms with Gasteiger partial charge in [0.15, 0.2) is 11.5 Å². The molecule has 1 fully saturated rings. The fourth-order valence-electron chi connectivity index (χ4n) is 3.79. The maximum atomic E-state index is 13.1. The first-order chi connectivity index (χ1) is 14.2. The van der Waals surface area contributed by atoms with Gasteiger partial charge in [-0.2, -0.15) is 0 Å². The zero-order valence-electron chi connectivity index (χ0n) is 16.5. The third kappa shape index (κ3) is 4.79. The van der Waals surface area contributed by atoms with Crippen LogP contribution in [-0.4, -0.2) is 51.6 Å². The Morgan fingerprint density at radius 3 is 2.55 bits per heavy atom. The molecule has 1 aliphatic rings. The van der Waals surface area contributed by atoms with E-state index < -0.39 is 0 Å². The molecule has 6 nitrogen and oxygen atoms in total. The van der Waals surface area contributed by atoms with Crippen molar-refractivity contribution in [3.8, 4) is 11.4 Å². The van der Waals surface area contributed by atoms with Crippen molar-refractivity contribution in [2.75, 3.05) is 26.2 Å². The lowest BCUT2D eigenvalue weighted by Gasteiger charge is -2.19. The number of halogens is 1. The fraction of sp³-hybridized carbons (Fsp3) is 0.409. The van der Waals surface area contributed by atoms with Crippen molar-refractivity contribution in [3.63, 3.8) is 0 Å². The van der Waals surface area contributed by atoms with Gasteiger partial charge in [0, 0.05) is 23.9 Å². The predicted octanol–water partition coefficient (Wildman–Crippen LogP) is 3.53. The minimum absolute atomic E-state index is 0.102. The molecule has 4 rings (SSSR count). The second-order valence-corrected chi connectivity index (χ2v) is 7.54. The molecule has 3 heterocycles. The van der Waals surface area contributed by atoms with E-state index in [1.165, 1.54) is 50.9 Å². The van der Waals surface area contributed by atoms with Crippen molar-refractivity contribution in [1.82, 2.24) is 24.8 Å². The minimum atomic E-state index is -0.294. The van der Waals surface area contributed by atoms with E-state index >= 15 is 0 Å². The Balaban J connectivity index is 1.35. The summed E-state index contributed by atoms with van der Waals surface area (Å²) in [6.07, 6.45) is 7.96. The SMILES string of the molecule is O=C(NCCCN1CCCCCC1)c1ccn2c(-c3ccc(F)cc3)nnc2c1. The van der Waals surface area contributed by atoms with E-state index in [1.807, 2.05) is 0 Å². The third-order valence-electron chi connectivity index (χ3n) is 5.41. The Labute approximate surface area is 169 Å². The van der Waals surface area contributed by atoms with Gasteiger partial charge in [0.25, 0.3) is 5.91 Å². The molecule has 1 N–H and O–H groups in total. The van der Waals surface area contributed by atoms with Gasteiger partial charge in [-0.1, -0.05) is 12.8 Å². The summed E-state index contributed by atoms with van der Waals surface area (Å²) in [7, 11) is 0. The summed E-state index contributed by atoms with van der Waals surface area (Å²) in [5.74, 6) is 0.219. The maximum Gasteiger partial charge on any atom is 0.251 e. The van der Waals surface area contributed by atoms with Gasteiger partial charge in [-0.3, -0.25) is 9.20 Å². The second kappa shape index (κ2) is 9.13. The number of carbonyl (C=O) groups excluding carboxylic acids is 1. The van der Waals surface area contributed by atoms with Gasteiger partial charge in [-0.05, 0) is 75.3 Å². The number of amides is 1. The predicted molar refractivity (Wildman–Crippen MR) is 110 cm³/mol. The van der Waals surface area contributed by atoms with Crippen LogP contribution < -0.4 is 5.32 Å². The lowest BCUT2D eigenvalue weighted by atomic mass is 10.2. The van der Waals surface area contributed by atoms with Crippen molar-refractivity contribution < 1.29 is 9.18 Å². The molecule has 0 aliphatic carbocycles. The monoisotopic (exact) mass is 395 g/mol. The molecule has 1 aliphatic heterocycles. The molecule has 1 amide bonds. The van der Waals surface area contributed by atoms with Crippen LogP contribution in [0.2, 0.25) is 0 Å². The van der Waals surface area contributed by atoms with E-state index in [0.717, 1.165) is 18.5 Å². The van der Waals surface area contributed by atoms with E-state index in [-0.39, 0.29) is 11.7 Å². The third-order valence-corrected chi connectivity index (χ3v) is 5.41. The van der Waals surface area contributed by atoms with Crippen LogP contribution in [0, 0.1) is 5.82 Å². The number of pyridine rings is 1. The quantitative estimate of drug-likeness (QED) is 0.649. The van der Waals surface area contributed by atoms with E-state index in [2.05, 4.69) is 20.4 Å². The van der Waals surface area contributed by atoms with Gasteiger partial charge < -0.3 is 10.2 Å². The summed E-state index contributed by atoms with van der Waals surface area (Å²) < 4.78 is 14.9. The molecular formula is C22H26FN5O. The van der Waals surface area contributed by atoms with Crippen LogP contribution in [0.5, 0.6) is 0 Å². The highest BCUT2D eigenvalue weighted by molar-refractivity contribution is 5.95. The van der Waals surface area contributed by atoms with Crippen molar-refractivity contribution in [1.29, 1.82) is 0 Å². The van der Waals surface area contributed by atoms with Gasteiger partial charge in [0.2, 0.25) is 0 Å². The Morgan fingerprint density at radius 2 is 1.79 bits per heavy atom. The lowest BCUT2D eigenvalue weighted by Crippen LogP contribution is -2.30. The number of likely N-dealkylation sites (tertiary alicyclic amines) is 1. The summed E-state index contributed by atoms with van der Waals surface area (Å²) in [6, 6.07) is 9.60. The molecule has 0 radical (unpaired) electrons. The molecule has 152 valence electrons. The van der Waals surface area contributed by atoms with Crippen LogP contribution in [0.4, 0.5) is 4.39 Å². The van der Waals surface area contributed by atoms with Gasteiger partial charge in [-0.15, -0.1) is 10.2 Å². The van der Waals surface area contributed by atoms with E-state index in [9.17, 15) is 9.18 Å². The number of nitrogens with one attached hydrogen (secondary N) is 1. The van der Waals surface area contributed by atoms with Gasteiger partial charge >= 0.3 is 0 Å². The van der Waals surface area contributed by atoms with Crippen LogP contribution in [0.25, 0.3) is 17.0 Å². The zero-order valence-corrected chi connectivity index (χ0v) is 16.5. The number of rotatable bonds is 6. The maximum absolute atomic E-state index is 13.1. The Bertz CT molecular complexity index is 961. The van der Waals surface area contributed by atoms with Crippen LogP contribution in [0.1, 0.15) is 42.5 Å². The number of fused-ring (bicyclic) bond motifs is 1. The van der Waals surface area contributed by atoms with Crippen LogP contribution >= 0.6 is 0 Å². The average molecular weight is 395 g/mol. The number of hydrogen-bond acceptors (Lipinski definition) is 4. The first-order valence-electron chi connectivity index (χ1n) is 10.3. The van der Waals surface area contributed by atoms with Crippen molar-refractivity contribution in [3.05, 3.63) is 54.0 Å². The van der Waals surface area contributed by atoms with E-state index in [4.69, 9.17) is 0 Å². The molecule has 1 saturated heterocycles. The molecule has 0 saturated carbocycles. The van der Waals surface area contributed by atoms with Gasteiger partial charge in [0.05, 0.1) is 0 Å². The molecule has 3 aromatic rings. The summed E-state index contributed by atoms with van der Waals surface area (Å²) in [4.78, 5) is 15.0. The molecule has 29 heavy (non-hydrogen) atoms. The molecule has 0 atom stereocenters. The number of carbonyl (C=O) groups is 1. The highest BCUT2D eigenvalue weighted by Gasteiger charge is 2.12. The van der Waals surface area contributed by atoms with E-state index in [1.54, 1.807) is 34.9 Å². The smallest absolute Gasteiger partial charge is 0.251 e. The highest BCUT2D eigenvalue weighted by atomic mass is 19.1. The molecule has 0 unspecified atom stereocenters. The molecule has 1 aromatic carbocycles. The molecule has 7 heteroatoms. The van der Waals surface area contributed by atoms with Crippen LogP contribution in [-0.2, 0) is 0 Å². The molecular weight excluding hydrogens is 369 g/mol. The van der Waals surface area contributed by atoms with E-state index in [0.29, 0.717) is 23.6 Å². The largest absolute Gasteiger partial charge is 0.352 e. The molecule has 2 aromatic heterocycles. The van der Waals surface area contributed by atoms with Crippen LogP contribution in [0.3, 0.4) is 0 Å². The number of benzene rings is 1. The van der Waals surface area contributed by atoms with Crippen molar-refractivity contribution >= 4 is 11.6 Å². The number of hydrogen-bond donors (Lipinski definition) is 1. The Kier molecular flexibility index (Phi) is 6.14. The van der Waals surface area contributed by atoms with Crippen molar-refractivity contribution in [2.24, 2.45) is 0 Å². The summed E-state index contributed by atoms with van der Waals surface area (Å²) >= 11 is 0. The summed E-state index contributed by atoms with van der Waals surface area (Å²) in [5.41, 5.74) is 1.91. The number of aromatic nitrogens is 3. The average Bonchev–Trinajstić information content (AvgIpc) is 2.98. The number of nitrogens with zero attached hydrogens (tertiary/aromatic N) is 4. The zero-order chi connectivity index (χ0) is 20.1. The van der Waals surface area contributed by atoms with Gasteiger partial charge in [-0.25, -0.2) is 4.39 Å². The summed E-state index contributed by atoms with van der Waals surface area (Å²) in [6.45, 7) is 4.04. The highest BCUT2D eigenvalue weighted by Crippen LogP contribution is 2.19. The topological polar surface area (TPSA) is 62.5 Å². The normalized spacial score (nSPS) is 15.3. The lowest BCUT2D eigenvalue weighted by molar-refractivity contribution is 0.0951. The first kappa shape index (κ1) is 19.5. The first-order valence-corrected chi connectivity index (χ1v) is 10.3. The van der Waals surface area contributed by atoms with Crippen molar-refractivity contribution in [2.45, 2.75) is 32.1 Å². The second-order valence-electron chi connectivity index (χ2n) is 7.54. The van der Waals surface area contributed by atoms with Gasteiger partial charge in [0.1, 0.15) is 5.82 Å².